The summed E-state index contributed by atoms with van der Waals surface area (Å²) in [6.07, 6.45) is 2.38. The van der Waals surface area contributed by atoms with Crippen LogP contribution in [0.25, 0.3) is 0 Å². The number of hydrogen-bond donors (Lipinski definition) is 1. The fourth-order valence-electron chi connectivity index (χ4n) is 1.56. The first-order valence-electron chi connectivity index (χ1n) is 5.81. The van der Waals surface area contributed by atoms with Crippen molar-refractivity contribution in [3.05, 3.63) is 29.2 Å². The van der Waals surface area contributed by atoms with Crippen LogP contribution >= 0.6 is 0 Å². The second-order valence-electron chi connectivity index (χ2n) is 4.65. The maximum Gasteiger partial charge on any atom is 0.108 e. The number of rotatable bonds is 6. The van der Waals surface area contributed by atoms with Gasteiger partial charge in [0.25, 0.3) is 0 Å². The molecule has 0 heterocycles. The van der Waals surface area contributed by atoms with Gasteiger partial charge in [-0.3, -0.25) is 0 Å². The Hall–Kier alpha value is -1.38. The average Bonchev–Trinajstić information content (AvgIpc) is 2.27. The van der Waals surface area contributed by atoms with Crippen molar-refractivity contribution in [2.24, 2.45) is 11.1 Å². The molecular formula is C13H20N2O. The zero-order valence-corrected chi connectivity index (χ0v) is 10.2. The summed E-state index contributed by atoms with van der Waals surface area (Å²) >= 11 is 0. The highest BCUT2D eigenvalue weighted by molar-refractivity contribution is 5.51. The molecule has 0 fully saturated rings. The fourth-order valence-corrected chi connectivity index (χ4v) is 1.56. The Bertz CT molecular complexity index is 319. The quantitative estimate of drug-likeness (QED) is 0.725. The van der Waals surface area contributed by atoms with Gasteiger partial charge in [0.1, 0.15) is 5.69 Å². The standard InChI is InChI=1S/C13H20N2O/c1-10(2)4-5-11(3)14-12-6-8-13(15-16)9-7-12/h6-11,14H,4-5H2,1-3H3. The molecule has 0 amide bonds. The van der Waals surface area contributed by atoms with Crippen molar-refractivity contribution in [3.63, 3.8) is 0 Å². The van der Waals surface area contributed by atoms with Crippen LogP contribution in [0.2, 0.25) is 0 Å². The van der Waals surface area contributed by atoms with E-state index < -0.39 is 0 Å². The third-order valence-electron chi connectivity index (χ3n) is 2.56. The molecule has 3 heteroatoms. The predicted molar refractivity (Wildman–Crippen MR) is 69.1 cm³/mol. The fraction of sp³-hybridized carbons (Fsp3) is 0.538. The molecule has 0 spiro atoms. The molecule has 1 aromatic carbocycles. The van der Waals surface area contributed by atoms with Crippen LogP contribution in [0, 0.1) is 10.8 Å². The van der Waals surface area contributed by atoms with Crippen molar-refractivity contribution in [1.29, 1.82) is 0 Å². The topological polar surface area (TPSA) is 41.5 Å². The number of benzene rings is 1. The molecule has 88 valence electrons. The Balaban J connectivity index is 2.43. The molecule has 3 nitrogen and oxygen atoms in total. The molecular weight excluding hydrogens is 200 g/mol. The largest absolute Gasteiger partial charge is 0.383 e. The normalized spacial score (nSPS) is 12.5. The van der Waals surface area contributed by atoms with E-state index >= 15 is 0 Å². The molecule has 1 rings (SSSR count). The van der Waals surface area contributed by atoms with E-state index in [1.165, 1.54) is 6.42 Å². The molecule has 1 aromatic rings. The molecule has 0 saturated carbocycles. The summed E-state index contributed by atoms with van der Waals surface area (Å²) < 4.78 is 0. The highest BCUT2D eigenvalue weighted by Crippen LogP contribution is 2.17. The Kier molecular flexibility index (Phi) is 4.96. The van der Waals surface area contributed by atoms with Gasteiger partial charge in [0.05, 0.1) is 0 Å². The Morgan fingerprint density at radius 1 is 1.12 bits per heavy atom. The van der Waals surface area contributed by atoms with Crippen LogP contribution < -0.4 is 5.32 Å². The summed E-state index contributed by atoms with van der Waals surface area (Å²) in [5, 5.41) is 6.28. The highest BCUT2D eigenvalue weighted by Gasteiger charge is 2.03. The predicted octanol–water partition coefficient (Wildman–Crippen LogP) is 4.32. The monoisotopic (exact) mass is 220 g/mol. The second kappa shape index (κ2) is 6.26. The van der Waals surface area contributed by atoms with Crippen molar-refractivity contribution in [2.45, 2.75) is 39.7 Å². The number of nitrogens with one attached hydrogen (secondary N) is 1. The lowest BCUT2D eigenvalue weighted by Crippen LogP contribution is -2.15. The van der Waals surface area contributed by atoms with Crippen molar-refractivity contribution in [1.82, 2.24) is 0 Å². The molecule has 1 atom stereocenters. The van der Waals surface area contributed by atoms with Crippen molar-refractivity contribution in [3.8, 4) is 0 Å². The van der Waals surface area contributed by atoms with Crippen LogP contribution in [0.4, 0.5) is 11.4 Å². The van der Waals surface area contributed by atoms with Crippen LogP contribution in [0.1, 0.15) is 33.6 Å². The van der Waals surface area contributed by atoms with Crippen LogP contribution in [0.5, 0.6) is 0 Å². The van der Waals surface area contributed by atoms with E-state index in [1.54, 1.807) is 12.1 Å². The van der Waals surface area contributed by atoms with E-state index in [4.69, 9.17) is 0 Å². The Morgan fingerprint density at radius 3 is 2.25 bits per heavy atom. The maximum absolute atomic E-state index is 10.2. The molecule has 0 bridgehead atoms. The zero-order valence-electron chi connectivity index (χ0n) is 10.2. The van der Waals surface area contributed by atoms with E-state index in [0.29, 0.717) is 11.7 Å². The van der Waals surface area contributed by atoms with E-state index in [-0.39, 0.29) is 0 Å². The Labute approximate surface area is 97.2 Å². The zero-order chi connectivity index (χ0) is 12.0. The SMILES string of the molecule is CC(C)CCC(C)Nc1ccc(N=O)cc1. The molecule has 0 aromatic heterocycles. The first kappa shape index (κ1) is 12.7. The van der Waals surface area contributed by atoms with Gasteiger partial charge in [-0.2, -0.15) is 0 Å². The molecule has 0 aliphatic heterocycles. The molecule has 0 aliphatic rings. The minimum absolute atomic E-state index is 0.456. The minimum atomic E-state index is 0.456. The smallest absolute Gasteiger partial charge is 0.108 e. The van der Waals surface area contributed by atoms with Gasteiger partial charge in [-0.05, 0) is 55.1 Å². The first-order valence-corrected chi connectivity index (χ1v) is 5.81. The van der Waals surface area contributed by atoms with Crippen LogP contribution in [0.15, 0.2) is 29.4 Å². The van der Waals surface area contributed by atoms with Crippen LogP contribution in [0.3, 0.4) is 0 Å². The van der Waals surface area contributed by atoms with Gasteiger partial charge in [0, 0.05) is 11.7 Å². The first-order chi connectivity index (χ1) is 7.61. The third kappa shape index (κ3) is 4.43. The highest BCUT2D eigenvalue weighted by atomic mass is 16.3. The molecule has 0 aliphatic carbocycles. The molecule has 1 unspecified atom stereocenters. The van der Waals surface area contributed by atoms with Gasteiger partial charge >= 0.3 is 0 Å². The summed E-state index contributed by atoms with van der Waals surface area (Å²) in [5.74, 6) is 0.742. The summed E-state index contributed by atoms with van der Waals surface area (Å²) in [7, 11) is 0. The number of anilines is 1. The summed E-state index contributed by atoms with van der Waals surface area (Å²) in [5.41, 5.74) is 1.52. The third-order valence-corrected chi connectivity index (χ3v) is 2.56. The van der Waals surface area contributed by atoms with Crippen LogP contribution in [-0.4, -0.2) is 6.04 Å². The molecule has 16 heavy (non-hydrogen) atoms. The lowest BCUT2D eigenvalue weighted by molar-refractivity contribution is 0.528. The summed E-state index contributed by atoms with van der Waals surface area (Å²) in [4.78, 5) is 10.2. The lowest BCUT2D eigenvalue weighted by Gasteiger charge is -2.16. The van der Waals surface area contributed by atoms with Gasteiger partial charge in [-0.15, -0.1) is 4.91 Å². The molecule has 0 radical (unpaired) electrons. The molecule has 0 saturated heterocycles. The van der Waals surface area contributed by atoms with E-state index in [9.17, 15) is 4.91 Å². The average molecular weight is 220 g/mol. The van der Waals surface area contributed by atoms with Gasteiger partial charge in [0.15, 0.2) is 0 Å². The Morgan fingerprint density at radius 2 is 1.75 bits per heavy atom. The number of hydrogen-bond acceptors (Lipinski definition) is 3. The number of nitrogens with zero attached hydrogens (tertiary/aromatic N) is 1. The van der Waals surface area contributed by atoms with E-state index in [2.05, 4.69) is 31.3 Å². The van der Waals surface area contributed by atoms with Crippen molar-refractivity contribution < 1.29 is 0 Å². The molecule has 1 N–H and O–H groups in total. The van der Waals surface area contributed by atoms with Gasteiger partial charge in [-0.1, -0.05) is 13.8 Å². The van der Waals surface area contributed by atoms with E-state index in [0.717, 1.165) is 18.0 Å². The second-order valence-corrected chi connectivity index (χ2v) is 4.65. The minimum Gasteiger partial charge on any atom is -0.383 e. The van der Waals surface area contributed by atoms with Gasteiger partial charge in [0.2, 0.25) is 0 Å². The van der Waals surface area contributed by atoms with Gasteiger partial charge < -0.3 is 5.32 Å². The number of nitroso groups, excluding NO2 is 1. The van der Waals surface area contributed by atoms with E-state index in [1.807, 2.05) is 12.1 Å². The van der Waals surface area contributed by atoms with Crippen molar-refractivity contribution >= 4 is 11.4 Å². The summed E-state index contributed by atoms with van der Waals surface area (Å²) in [6, 6.07) is 7.69. The van der Waals surface area contributed by atoms with Crippen molar-refractivity contribution in [2.75, 3.05) is 5.32 Å². The summed E-state index contributed by atoms with van der Waals surface area (Å²) in [6.45, 7) is 6.64. The maximum atomic E-state index is 10.2. The van der Waals surface area contributed by atoms with Gasteiger partial charge in [-0.25, -0.2) is 0 Å². The lowest BCUT2D eigenvalue weighted by atomic mass is 10.0. The van der Waals surface area contributed by atoms with Crippen LogP contribution in [-0.2, 0) is 0 Å².